The molecule has 6 unspecified atom stereocenters. The molecule has 6 atom stereocenters. The standard InChI is InChI=1S/C69H112O12/c1-4-7-10-13-16-19-22-25-27-29-31-33-35-38-40-43-46-49-52-55-61(70)77-58-60(79-62(71)56-53-50-47-44-41-37-24-21-18-15-12-9-6-3)59-78-69-67(65(74)64(73)66(81-69)68(75)76)80-63(72)57-54-51-48-45-42-39-36-34-32-30-28-26-23-20-17-14-11-8-5-2/h7,9-10,12,16,18-19,21,25-28,31,33,37-38,40-41,60,64-67,69,73-74H,4-6,8,11,13-15,17,20,22-24,29-30,32,34-36,39,42-59H2,1-3H3,(H,75,76)/b10-7-,12-9-,19-16-,21-18-,27-25-,28-26-,33-31-,40-38-,41-37-. The summed E-state index contributed by atoms with van der Waals surface area (Å²) in [6, 6.07) is 0. The van der Waals surface area contributed by atoms with Gasteiger partial charge in [0.05, 0.1) is 6.61 Å². The molecule has 0 aromatic rings. The summed E-state index contributed by atoms with van der Waals surface area (Å²) < 4.78 is 28.4. The smallest absolute Gasteiger partial charge is 0.335 e. The number of carbonyl (C=O) groups is 4. The molecular formula is C69H112O12. The maximum atomic E-state index is 13.2. The van der Waals surface area contributed by atoms with E-state index in [4.69, 9.17) is 23.7 Å². The summed E-state index contributed by atoms with van der Waals surface area (Å²) in [7, 11) is 0. The number of aliphatic hydroxyl groups excluding tert-OH is 2. The second kappa shape index (κ2) is 55.9. The lowest BCUT2D eigenvalue weighted by Crippen LogP contribution is -2.61. The van der Waals surface area contributed by atoms with Crippen LogP contribution < -0.4 is 0 Å². The van der Waals surface area contributed by atoms with Crippen LogP contribution in [0.15, 0.2) is 109 Å². The van der Waals surface area contributed by atoms with Crippen LogP contribution in [0.4, 0.5) is 0 Å². The fourth-order valence-electron chi connectivity index (χ4n) is 8.99. The van der Waals surface area contributed by atoms with Crippen molar-refractivity contribution in [2.45, 2.75) is 289 Å². The zero-order chi connectivity index (χ0) is 58.9. The highest BCUT2D eigenvalue weighted by Gasteiger charge is 2.50. The molecule has 1 aliphatic heterocycles. The first-order chi connectivity index (χ1) is 39.6. The van der Waals surface area contributed by atoms with Gasteiger partial charge in [-0.2, -0.15) is 0 Å². The fraction of sp³-hybridized carbons (Fsp3) is 0.681. The van der Waals surface area contributed by atoms with Gasteiger partial charge in [-0.1, -0.05) is 220 Å². The van der Waals surface area contributed by atoms with Crippen molar-refractivity contribution < 1.29 is 58.2 Å². The number of allylic oxidation sites excluding steroid dienone is 18. The van der Waals surface area contributed by atoms with Crippen molar-refractivity contribution in [1.82, 2.24) is 0 Å². The number of ether oxygens (including phenoxy) is 5. The summed E-state index contributed by atoms with van der Waals surface area (Å²) in [5.41, 5.74) is 0. The number of esters is 3. The third-order valence-electron chi connectivity index (χ3n) is 13.8. The molecule has 1 rings (SSSR count). The summed E-state index contributed by atoms with van der Waals surface area (Å²) >= 11 is 0. The van der Waals surface area contributed by atoms with E-state index in [1.165, 1.54) is 70.6 Å². The fourth-order valence-corrected chi connectivity index (χ4v) is 8.99. The van der Waals surface area contributed by atoms with Gasteiger partial charge in [-0.25, -0.2) is 4.79 Å². The molecule has 0 radical (unpaired) electrons. The Morgan fingerprint density at radius 3 is 1.21 bits per heavy atom. The SMILES string of the molecule is CC/C=C\C/C=C\C/C=C\C/C=C\C/C=C\CCCCCC(=O)OCC(COC1OC(C(=O)O)C(O)C(O)C1OC(=O)CCCCCCCCCCC/C=C\CCCCCCCC)OC(=O)CCCCC/C=C\C/C=C\C/C=C\CC. The Morgan fingerprint density at radius 1 is 0.420 bits per heavy atom. The van der Waals surface area contributed by atoms with Crippen molar-refractivity contribution in [2.24, 2.45) is 0 Å². The summed E-state index contributed by atoms with van der Waals surface area (Å²) in [5, 5.41) is 31.6. The summed E-state index contributed by atoms with van der Waals surface area (Å²) in [6.07, 6.45) is 63.4. The molecule has 12 heteroatoms. The normalized spacial score (nSPS) is 18.5. The monoisotopic (exact) mass is 1130 g/mol. The zero-order valence-electron chi connectivity index (χ0n) is 50.7. The number of carboxylic acid groups (broad SMARTS) is 1. The third-order valence-corrected chi connectivity index (χ3v) is 13.8. The van der Waals surface area contributed by atoms with Crippen molar-refractivity contribution in [2.75, 3.05) is 13.2 Å². The Hall–Kier alpha value is -4.62. The molecule has 0 bridgehead atoms. The number of aliphatic hydroxyl groups is 2. The second-order valence-corrected chi connectivity index (χ2v) is 21.3. The summed E-state index contributed by atoms with van der Waals surface area (Å²) in [4.78, 5) is 51.3. The molecule has 0 spiro atoms. The maximum Gasteiger partial charge on any atom is 0.335 e. The van der Waals surface area contributed by atoms with Crippen molar-refractivity contribution in [3.63, 3.8) is 0 Å². The first kappa shape index (κ1) is 74.4. The number of hydrogen-bond acceptors (Lipinski definition) is 11. The highest BCUT2D eigenvalue weighted by Crippen LogP contribution is 2.26. The molecule has 0 saturated carbocycles. The van der Waals surface area contributed by atoms with E-state index < -0.39 is 67.3 Å². The quantitative estimate of drug-likeness (QED) is 0.0228. The number of aliphatic carboxylic acids is 1. The molecule has 12 nitrogen and oxygen atoms in total. The first-order valence-corrected chi connectivity index (χ1v) is 31.9. The topological polar surface area (TPSA) is 175 Å². The summed E-state index contributed by atoms with van der Waals surface area (Å²) in [5.74, 6) is -3.21. The Balaban J connectivity index is 2.68. The van der Waals surface area contributed by atoms with Gasteiger partial charge in [-0.3, -0.25) is 14.4 Å². The van der Waals surface area contributed by atoms with Gasteiger partial charge in [0.15, 0.2) is 24.6 Å². The van der Waals surface area contributed by atoms with Crippen molar-refractivity contribution in [1.29, 1.82) is 0 Å². The lowest BCUT2D eigenvalue weighted by molar-refractivity contribution is -0.301. The van der Waals surface area contributed by atoms with Gasteiger partial charge in [-0.05, 0) is 122 Å². The minimum Gasteiger partial charge on any atom is -0.479 e. The van der Waals surface area contributed by atoms with Crippen LogP contribution in [-0.4, -0.2) is 89.2 Å². The van der Waals surface area contributed by atoms with Crippen LogP contribution in [0.5, 0.6) is 0 Å². The molecule has 0 aromatic heterocycles. The average molecular weight is 1130 g/mol. The van der Waals surface area contributed by atoms with Crippen LogP contribution in [0, 0.1) is 0 Å². The van der Waals surface area contributed by atoms with Gasteiger partial charge in [0.25, 0.3) is 0 Å². The second-order valence-electron chi connectivity index (χ2n) is 21.3. The average Bonchev–Trinajstić information content (AvgIpc) is 3.45. The van der Waals surface area contributed by atoms with Gasteiger partial charge in [-0.15, -0.1) is 0 Å². The highest BCUT2D eigenvalue weighted by atomic mass is 16.7. The molecule has 1 saturated heterocycles. The third kappa shape index (κ3) is 45.6. The number of unbranched alkanes of at least 4 members (excludes halogenated alkanes) is 21. The predicted molar refractivity (Wildman–Crippen MR) is 330 cm³/mol. The van der Waals surface area contributed by atoms with Gasteiger partial charge in [0.2, 0.25) is 0 Å². The van der Waals surface area contributed by atoms with Crippen LogP contribution in [0.3, 0.4) is 0 Å². The number of hydrogen-bond donors (Lipinski definition) is 3. The van der Waals surface area contributed by atoms with E-state index in [1.54, 1.807) is 0 Å². The Labute approximate surface area is 491 Å². The number of carbonyl (C=O) groups excluding carboxylic acids is 3. The zero-order valence-corrected chi connectivity index (χ0v) is 50.7. The molecule has 3 N–H and O–H groups in total. The van der Waals surface area contributed by atoms with Gasteiger partial charge in [0, 0.05) is 19.3 Å². The van der Waals surface area contributed by atoms with E-state index in [-0.39, 0.29) is 25.9 Å². The minimum absolute atomic E-state index is 0.0468. The highest BCUT2D eigenvalue weighted by molar-refractivity contribution is 5.74. The van der Waals surface area contributed by atoms with E-state index in [0.717, 1.165) is 122 Å². The van der Waals surface area contributed by atoms with Crippen molar-refractivity contribution in [3.05, 3.63) is 109 Å². The largest absolute Gasteiger partial charge is 0.479 e. The van der Waals surface area contributed by atoms with Crippen LogP contribution in [0.1, 0.15) is 252 Å². The van der Waals surface area contributed by atoms with Crippen molar-refractivity contribution >= 4 is 23.9 Å². The molecule has 1 heterocycles. The molecule has 1 aliphatic rings. The van der Waals surface area contributed by atoms with Gasteiger partial charge in [0.1, 0.15) is 18.8 Å². The van der Waals surface area contributed by atoms with Crippen LogP contribution in [0.25, 0.3) is 0 Å². The number of carboxylic acids is 1. The number of rotatable bonds is 53. The molecule has 0 aliphatic carbocycles. The molecule has 81 heavy (non-hydrogen) atoms. The van der Waals surface area contributed by atoms with Crippen LogP contribution >= 0.6 is 0 Å². The molecule has 1 fully saturated rings. The van der Waals surface area contributed by atoms with Crippen LogP contribution in [0.2, 0.25) is 0 Å². The molecule has 0 amide bonds. The Kier molecular flexibility index (Phi) is 51.3. The molecule has 0 aromatic carbocycles. The lowest BCUT2D eigenvalue weighted by Gasteiger charge is -2.40. The van der Waals surface area contributed by atoms with E-state index in [1.807, 2.05) is 0 Å². The Morgan fingerprint density at radius 2 is 0.778 bits per heavy atom. The lowest BCUT2D eigenvalue weighted by atomic mass is 9.98. The van der Waals surface area contributed by atoms with E-state index >= 15 is 0 Å². The summed E-state index contributed by atoms with van der Waals surface area (Å²) in [6.45, 7) is 5.72. The minimum atomic E-state index is -1.92. The van der Waals surface area contributed by atoms with Crippen molar-refractivity contribution in [3.8, 4) is 0 Å². The maximum absolute atomic E-state index is 13.2. The molecule has 460 valence electrons. The van der Waals surface area contributed by atoms with E-state index in [9.17, 15) is 34.5 Å². The van der Waals surface area contributed by atoms with Gasteiger partial charge >= 0.3 is 23.9 Å². The van der Waals surface area contributed by atoms with E-state index in [0.29, 0.717) is 19.3 Å². The predicted octanol–water partition coefficient (Wildman–Crippen LogP) is 17.0. The van der Waals surface area contributed by atoms with Gasteiger partial charge < -0.3 is 39.0 Å². The first-order valence-electron chi connectivity index (χ1n) is 31.9. The van der Waals surface area contributed by atoms with Crippen LogP contribution in [-0.2, 0) is 42.9 Å². The molecular weight excluding hydrogens is 1020 g/mol. The Bertz CT molecular complexity index is 1820. The van der Waals surface area contributed by atoms with E-state index in [2.05, 4.69) is 130 Å².